The first-order chi connectivity index (χ1) is 8.77. The summed E-state index contributed by atoms with van der Waals surface area (Å²) in [5, 5.41) is 11.6. The van der Waals surface area contributed by atoms with E-state index in [0.717, 1.165) is 0 Å². The number of hydrogen-bond donors (Lipinski definition) is 2. The van der Waals surface area contributed by atoms with Crippen LogP contribution in [0.25, 0.3) is 0 Å². The van der Waals surface area contributed by atoms with Gasteiger partial charge < -0.3 is 15.3 Å². The van der Waals surface area contributed by atoms with Gasteiger partial charge in [0.05, 0.1) is 5.41 Å². The van der Waals surface area contributed by atoms with Crippen molar-refractivity contribution >= 4 is 17.8 Å². The zero-order valence-electron chi connectivity index (χ0n) is 11.7. The van der Waals surface area contributed by atoms with Gasteiger partial charge >= 0.3 is 5.97 Å². The zero-order chi connectivity index (χ0) is 14.6. The SMILES string of the molecule is CNC(=O)C1CCN(C(=O)CC(C)(C)C(=O)O)CC1. The molecule has 19 heavy (non-hydrogen) atoms. The Kier molecular flexibility index (Phi) is 4.91. The van der Waals surface area contributed by atoms with Gasteiger partial charge in [-0.1, -0.05) is 0 Å². The molecule has 108 valence electrons. The molecule has 0 radical (unpaired) electrons. The molecular weight excluding hydrogens is 248 g/mol. The maximum atomic E-state index is 12.0. The van der Waals surface area contributed by atoms with Gasteiger partial charge in [-0.2, -0.15) is 0 Å². The number of aliphatic carboxylic acids is 1. The predicted octanol–water partition coefficient (Wildman–Crippen LogP) is 0.472. The Hall–Kier alpha value is -1.59. The number of nitrogens with zero attached hydrogens (tertiary/aromatic N) is 1. The lowest BCUT2D eigenvalue weighted by molar-refractivity contribution is -0.152. The van der Waals surface area contributed by atoms with Crippen LogP contribution in [0.1, 0.15) is 33.1 Å². The van der Waals surface area contributed by atoms with Gasteiger partial charge in [-0.05, 0) is 26.7 Å². The number of rotatable bonds is 4. The van der Waals surface area contributed by atoms with Crippen molar-refractivity contribution in [3.05, 3.63) is 0 Å². The molecule has 1 fully saturated rings. The molecule has 1 saturated heterocycles. The first kappa shape index (κ1) is 15.5. The molecule has 0 aromatic heterocycles. The summed E-state index contributed by atoms with van der Waals surface area (Å²) in [5.41, 5.74) is -1.05. The number of hydrogen-bond acceptors (Lipinski definition) is 3. The summed E-state index contributed by atoms with van der Waals surface area (Å²) >= 11 is 0. The van der Waals surface area contributed by atoms with E-state index in [9.17, 15) is 14.4 Å². The molecule has 0 aromatic rings. The minimum Gasteiger partial charge on any atom is -0.481 e. The Morgan fingerprint density at radius 3 is 2.21 bits per heavy atom. The van der Waals surface area contributed by atoms with Crippen LogP contribution in [0.4, 0.5) is 0 Å². The molecule has 0 aromatic carbocycles. The maximum absolute atomic E-state index is 12.0. The Labute approximate surface area is 113 Å². The number of carboxylic acids is 1. The molecule has 1 heterocycles. The van der Waals surface area contributed by atoms with Crippen molar-refractivity contribution in [2.24, 2.45) is 11.3 Å². The second kappa shape index (κ2) is 6.04. The number of likely N-dealkylation sites (tertiary alicyclic amines) is 1. The van der Waals surface area contributed by atoms with Crippen LogP contribution in [0.15, 0.2) is 0 Å². The van der Waals surface area contributed by atoms with Gasteiger partial charge in [-0.25, -0.2) is 0 Å². The molecule has 0 spiro atoms. The second-order valence-corrected chi connectivity index (χ2v) is 5.64. The van der Waals surface area contributed by atoms with E-state index in [1.165, 1.54) is 0 Å². The topological polar surface area (TPSA) is 86.7 Å². The van der Waals surface area contributed by atoms with Crippen molar-refractivity contribution in [2.45, 2.75) is 33.1 Å². The highest BCUT2D eigenvalue weighted by Gasteiger charge is 2.34. The molecular formula is C13H22N2O4. The molecule has 1 rings (SSSR count). The largest absolute Gasteiger partial charge is 0.481 e. The minimum absolute atomic E-state index is 0.00697. The van der Waals surface area contributed by atoms with Gasteiger partial charge in [0, 0.05) is 32.5 Å². The summed E-state index contributed by atoms with van der Waals surface area (Å²) in [6.45, 7) is 4.13. The molecule has 6 heteroatoms. The summed E-state index contributed by atoms with van der Waals surface area (Å²) < 4.78 is 0. The number of nitrogens with one attached hydrogen (secondary N) is 1. The van der Waals surface area contributed by atoms with Crippen molar-refractivity contribution in [3.8, 4) is 0 Å². The number of piperidine rings is 1. The summed E-state index contributed by atoms with van der Waals surface area (Å²) in [4.78, 5) is 36.1. The van der Waals surface area contributed by atoms with Crippen molar-refractivity contribution < 1.29 is 19.5 Å². The molecule has 1 aliphatic heterocycles. The van der Waals surface area contributed by atoms with Crippen LogP contribution < -0.4 is 5.32 Å². The molecule has 0 atom stereocenters. The first-order valence-corrected chi connectivity index (χ1v) is 6.50. The van der Waals surface area contributed by atoms with E-state index in [0.29, 0.717) is 25.9 Å². The van der Waals surface area contributed by atoms with Crippen molar-refractivity contribution in [2.75, 3.05) is 20.1 Å². The minimum atomic E-state index is -1.05. The van der Waals surface area contributed by atoms with Crippen LogP contribution in [-0.2, 0) is 14.4 Å². The average Bonchev–Trinajstić information content (AvgIpc) is 2.37. The van der Waals surface area contributed by atoms with E-state index in [1.807, 2.05) is 0 Å². The van der Waals surface area contributed by atoms with E-state index in [-0.39, 0.29) is 24.2 Å². The maximum Gasteiger partial charge on any atom is 0.309 e. The quantitative estimate of drug-likeness (QED) is 0.777. The standard InChI is InChI=1S/C13H22N2O4/c1-13(2,12(18)19)8-10(16)15-6-4-9(5-7-15)11(17)14-3/h9H,4-8H2,1-3H3,(H,14,17)(H,18,19). The molecule has 1 aliphatic rings. The van der Waals surface area contributed by atoms with Crippen molar-refractivity contribution in [1.82, 2.24) is 10.2 Å². The molecule has 0 unspecified atom stereocenters. The van der Waals surface area contributed by atoms with Crippen LogP contribution in [0.2, 0.25) is 0 Å². The third-order valence-corrected chi connectivity index (χ3v) is 3.64. The molecule has 2 amide bonds. The highest BCUT2D eigenvalue weighted by atomic mass is 16.4. The monoisotopic (exact) mass is 270 g/mol. The van der Waals surface area contributed by atoms with Gasteiger partial charge in [0.1, 0.15) is 0 Å². The lowest BCUT2D eigenvalue weighted by atomic mass is 9.88. The van der Waals surface area contributed by atoms with Crippen LogP contribution >= 0.6 is 0 Å². The number of carbonyl (C=O) groups excluding carboxylic acids is 2. The van der Waals surface area contributed by atoms with Crippen LogP contribution in [0.5, 0.6) is 0 Å². The molecule has 0 aliphatic carbocycles. The van der Waals surface area contributed by atoms with E-state index in [4.69, 9.17) is 5.11 Å². The molecule has 0 bridgehead atoms. The third kappa shape index (κ3) is 3.94. The number of carbonyl (C=O) groups is 3. The third-order valence-electron chi connectivity index (χ3n) is 3.64. The van der Waals surface area contributed by atoms with Crippen LogP contribution in [0, 0.1) is 11.3 Å². The molecule has 6 nitrogen and oxygen atoms in total. The number of carboxylic acid groups (broad SMARTS) is 1. The summed E-state index contributed by atoms with van der Waals surface area (Å²) in [6.07, 6.45) is 1.27. The fraction of sp³-hybridized carbons (Fsp3) is 0.769. The van der Waals surface area contributed by atoms with Gasteiger partial charge in [0.15, 0.2) is 0 Å². The zero-order valence-corrected chi connectivity index (χ0v) is 11.7. The number of amides is 2. The molecule has 2 N–H and O–H groups in total. The fourth-order valence-electron chi connectivity index (χ4n) is 2.16. The Bertz CT molecular complexity index is 371. The van der Waals surface area contributed by atoms with E-state index < -0.39 is 11.4 Å². The first-order valence-electron chi connectivity index (χ1n) is 6.50. The summed E-state index contributed by atoms with van der Waals surface area (Å²) in [6, 6.07) is 0. The van der Waals surface area contributed by atoms with E-state index in [1.54, 1.807) is 25.8 Å². The van der Waals surface area contributed by atoms with Crippen LogP contribution in [-0.4, -0.2) is 47.9 Å². The van der Waals surface area contributed by atoms with Crippen LogP contribution in [0.3, 0.4) is 0 Å². The average molecular weight is 270 g/mol. The van der Waals surface area contributed by atoms with E-state index >= 15 is 0 Å². The predicted molar refractivity (Wildman–Crippen MR) is 69.4 cm³/mol. The Morgan fingerprint density at radius 2 is 1.79 bits per heavy atom. The van der Waals surface area contributed by atoms with Crippen molar-refractivity contribution in [3.63, 3.8) is 0 Å². The summed E-state index contributed by atoms with van der Waals surface area (Å²) in [5.74, 6) is -1.15. The van der Waals surface area contributed by atoms with Gasteiger partial charge in [0.25, 0.3) is 0 Å². The highest BCUT2D eigenvalue weighted by molar-refractivity contribution is 5.85. The normalized spacial score (nSPS) is 17.1. The lowest BCUT2D eigenvalue weighted by Gasteiger charge is -2.32. The van der Waals surface area contributed by atoms with Gasteiger partial charge in [-0.15, -0.1) is 0 Å². The van der Waals surface area contributed by atoms with Gasteiger partial charge in [-0.3, -0.25) is 14.4 Å². The van der Waals surface area contributed by atoms with Gasteiger partial charge in [0.2, 0.25) is 11.8 Å². The molecule has 0 saturated carbocycles. The fourth-order valence-corrected chi connectivity index (χ4v) is 2.16. The van der Waals surface area contributed by atoms with E-state index in [2.05, 4.69) is 5.32 Å². The van der Waals surface area contributed by atoms with Crippen molar-refractivity contribution in [1.29, 1.82) is 0 Å². The lowest BCUT2D eigenvalue weighted by Crippen LogP contribution is -2.44. The summed E-state index contributed by atoms with van der Waals surface area (Å²) in [7, 11) is 1.61. The highest BCUT2D eigenvalue weighted by Crippen LogP contribution is 2.24. The smallest absolute Gasteiger partial charge is 0.309 e. The second-order valence-electron chi connectivity index (χ2n) is 5.64. The Balaban J connectivity index is 2.50. The Morgan fingerprint density at radius 1 is 1.26 bits per heavy atom.